The highest BCUT2D eigenvalue weighted by molar-refractivity contribution is 6.32. The molecule has 0 aliphatic rings. The molecule has 0 bridgehead atoms. The highest BCUT2D eigenvalue weighted by Gasteiger charge is 2.06. The summed E-state index contributed by atoms with van der Waals surface area (Å²) >= 11 is 5.97. The lowest BCUT2D eigenvalue weighted by atomic mass is 10.2. The van der Waals surface area contributed by atoms with E-state index < -0.39 is 10.8 Å². The highest BCUT2D eigenvalue weighted by Crippen LogP contribution is 2.18. The highest BCUT2D eigenvalue weighted by atomic mass is 35.5. The van der Waals surface area contributed by atoms with Crippen molar-refractivity contribution in [1.82, 2.24) is 0 Å². The minimum absolute atomic E-state index is 0.0807. The van der Waals surface area contributed by atoms with Crippen molar-refractivity contribution in [3.8, 4) is 0 Å². The molecule has 0 spiro atoms. The molecule has 5 nitrogen and oxygen atoms in total. The van der Waals surface area contributed by atoms with E-state index in [-0.39, 0.29) is 5.69 Å². The van der Waals surface area contributed by atoms with E-state index in [0.717, 1.165) is 0 Å². The van der Waals surface area contributed by atoms with Crippen molar-refractivity contribution in [3.63, 3.8) is 0 Å². The van der Waals surface area contributed by atoms with E-state index in [1.807, 2.05) is 6.07 Å². The van der Waals surface area contributed by atoms with Crippen molar-refractivity contribution in [3.05, 3.63) is 75.3 Å². The third-order valence-corrected chi connectivity index (χ3v) is 2.99. The van der Waals surface area contributed by atoms with Crippen LogP contribution in [0, 0.1) is 10.1 Å². The lowest BCUT2D eigenvalue weighted by Crippen LogP contribution is -2.07. The molecule has 0 aromatic heterocycles. The summed E-state index contributed by atoms with van der Waals surface area (Å²) in [6, 6.07) is 12.8. The number of nitrogens with zero attached hydrogens (tertiary/aromatic N) is 1. The summed E-state index contributed by atoms with van der Waals surface area (Å²) in [6.45, 7) is 0. The third-order valence-electron chi connectivity index (χ3n) is 2.64. The molecular formula is C15H11ClN2O3. The Bertz CT molecular complexity index is 714. The fraction of sp³-hybridized carbons (Fsp3) is 0. The number of benzene rings is 2. The topological polar surface area (TPSA) is 72.2 Å². The first-order valence-corrected chi connectivity index (χ1v) is 6.42. The molecule has 2 aromatic carbocycles. The molecule has 21 heavy (non-hydrogen) atoms. The molecule has 2 rings (SSSR count). The Labute approximate surface area is 126 Å². The van der Waals surface area contributed by atoms with Gasteiger partial charge in [-0.05, 0) is 23.8 Å². The number of carbonyl (C=O) groups excluding carboxylic acids is 1. The molecule has 0 saturated carbocycles. The van der Waals surface area contributed by atoms with Crippen LogP contribution in [0.2, 0.25) is 5.02 Å². The third kappa shape index (κ3) is 4.15. The SMILES string of the molecule is O=C(/C=C/c1ccccc1Cl)Nc1cccc([N+](=O)[O-])c1. The molecule has 2 aromatic rings. The zero-order valence-corrected chi connectivity index (χ0v) is 11.6. The second-order valence-corrected chi connectivity index (χ2v) is 4.56. The maximum atomic E-state index is 11.8. The molecule has 0 radical (unpaired) electrons. The number of nitro groups is 1. The van der Waals surface area contributed by atoms with Gasteiger partial charge in [0.2, 0.25) is 5.91 Å². The minimum atomic E-state index is -0.519. The van der Waals surface area contributed by atoms with Gasteiger partial charge in [0.1, 0.15) is 0 Å². The minimum Gasteiger partial charge on any atom is -0.322 e. The second kappa shape index (κ2) is 6.67. The molecule has 0 fully saturated rings. The predicted molar refractivity (Wildman–Crippen MR) is 82.2 cm³/mol. The van der Waals surface area contributed by atoms with E-state index >= 15 is 0 Å². The van der Waals surface area contributed by atoms with Gasteiger partial charge in [0.15, 0.2) is 0 Å². The van der Waals surface area contributed by atoms with E-state index in [1.54, 1.807) is 30.3 Å². The van der Waals surface area contributed by atoms with E-state index in [2.05, 4.69) is 5.32 Å². The number of nitrogens with one attached hydrogen (secondary N) is 1. The molecule has 0 unspecified atom stereocenters. The summed E-state index contributed by atoms with van der Waals surface area (Å²) in [6.07, 6.45) is 2.90. The summed E-state index contributed by atoms with van der Waals surface area (Å²) in [5, 5.41) is 13.7. The van der Waals surface area contributed by atoms with Crippen molar-refractivity contribution in [2.45, 2.75) is 0 Å². The average Bonchev–Trinajstić information content (AvgIpc) is 2.46. The number of amides is 1. The van der Waals surface area contributed by atoms with Crippen LogP contribution in [-0.4, -0.2) is 10.8 Å². The maximum Gasteiger partial charge on any atom is 0.271 e. The first-order valence-electron chi connectivity index (χ1n) is 6.04. The van der Waals surface area contributed by atoms with Crippen LogP contribution in [0.4, 0.5) is 11.4 Å². The molecular weight excluding hydrogens is 292 g/mol. The summed E-state index contributed by atoms with van der Waals surface area (Å²) in [5.41, 5.74) is 0.995. The van der Waals surface area contributed by atoms with E-state index in [4.69, 9.17) is 11.6 Å². The molecule has 0 saturated heterocycles. The number of anilines is 1. The van der Waals surface area contributed by atoms with Gasteiger partial charge in [-0.2, -0.15) is 0 Å². The number of non-ortho nitro benzene ring substituents is 1. The van der Waals surface area contributed by atoms with Gasteiger partial charge < -0.3 is 5.32 Å². The van der Waals surface area contributed by atoms with E-state index in [0.29, 0.717) is 16.3 Å². The van der Waals surface area contributed by atoms with Crippen LogP contribution in [0.5, 0.6) is 0 Å². The standard InChI is InChI=1S/C15H11ClN2O3/c16-14-7-2-1-4-11(14)8-9-15(19)17-12-5-3-6-13(10-12)18(20)21/h1-10H,(H,17,19)/b9-8+. The zero-order valence-electron chi connectivity index (χ0n) is 10.8. The van der Waals surface area contributed by atoms with Gasteiger partial charge in [0.05, 0.1) is 4.92 Å². The van der Waals surface area contributed by atoms with Crippen LogP contribution in [-0.2, 0) is 4.79 Å². The molecule has 0 atom stereocenters. The van der Waals surface area contributed by atoms with E-state index in [9.17, 15) is 14.9 Å². The predicted octanol–water partition coefficient (Wildman–Crippen LogP) is 3.90. The Morgan fingerprint density at radius 2 is 1.95 bits per heavy atom. The zero-order chi connectivity index (χ0) is 15.2. The maximum absolute atomic E-state index is 11.8. The van der Waals surface area contributed by atoms with Crippen LogP contribution in [0.25, 0.3) is 6.08 Å². The Morgan fingerprint density at radius 3 is 2.67 bits per heavy atom. The van der Waals surface area contributed by atoms with Crippen molar-refractivity contribution in [1.29, 1.82) is 0 Å². The van der Waals surface area contributed by atoms with Crippen LogP contribution in [0.1, 0.15) is 5.56 Å². The van der Waals surface area contributed by atoms with Crippen molar-refractivity contribution < 1.29 is 9.72 Å². The smallest absolute Gasteiger partial charge is 0.271 e. The lowest BCUT2D eigenvalue weighted by molar-refractivity contribution is -0.384. The molecule has 0 aliphatic heterocycles. The van der Waals surface area contributed by atoms with Crippen molar-refractivity contribution in [2.24, 2.45) is 0 Å². The summed E-state index contributed by atoms with van der Waals surface area (Å²) in [7, 11) is 0. The van der Waals surface area contributed by atoms with Gasteiger partial charge in [-0.3, -0.25) is 14.9 Å². The number of rotatable bonds is 4. The Balaban J connectivity index is 2.07. The Morgan fingerprint density at radius 1 is 1.19 bits per heavy atom. The first kappa shape index (κ1) is 14.7. The van der Waals surface area contributed by atoms with Crippen LogP contribution in [0.15, 0.2) is 54.6 Å². The van der Waals surface area contributed by atoms with Crippen LogP contribution in [0.3, 0.4) is 0 Å². The largest absolute Gasteiger partial charge is 0.322 e. The van der Waals surface area contributed by atoms with E-state index in [1.165, 1.54) is 24.3 Å². The number of hydrogen-bond donors (Lipinski definition) is 1. The summed E-state index contributed by atoms with van der Waals surface area (Å²) in [4.78, 5) is 21.9. The number of carbonyl (C=O) groups is 1. The van der Waals surface area contributed by atoms with Gasteiger partial charge in [0.25, 0.3) is 5.69 Å². The van der Waals surface area contributed by atoms with Crippen LogP contribution >= 0.6 is 11.6 Å². The first-order chi connectivity index (χ1) is 10.1. The average molecular weight is 303 g/mol. The molecule has 0 aliphatic carbocycles. The number of hydrogen-bond acceptors (Lipinski definition) is 3. The number of nitro benzene ring substituents is 1. The normalized spacial score (nSPS) is 10.5. The Kier molecular flexibility index (Phi) is 4.68. The monoisotopic (exact) mass is 302 g/mol. The molecule has 0 heterocycles. The second-order valence-electron chi connectivity index (χ2n) is 4.15. The molecule has 6 heteroatoms. The quantitative estimate of drug-likeness (QED) is 0.529. The lowest BCUT2D eigenvalue weighted by Gasteiger charge is -2.02. The van der Waals surface area contributed by atoms with Gasteiger partial charge in [0, 0.05) is 28.9 Å². The number of halogens is 1. The summed E-state index contributed by atoms with van der Waals surface area (Å²) in [5.74, 6) is -0.393. The van der Waals surface area contributed by atoms with Gasteiger partial charge in [-0.1, -0.05) is 35.9 Å². The molecule has 1 N–H and O–H groups in total. The molecule has 1 amide bonds. The molecule has 106 valence electrons. The fourth-order valence-corrected chi connectivity index (χ4v) is 1.86. The van der Waals surface area contributed by atoms with Gasteiger partial charge in [-0.25, -0.2) is 0 Å². The summed E-state index contributed by atoms with van der Waals surface area (Å²) < 4.78 is 0. The van der Waals surface area contributed by atoms with Gasteiger partial charge in [-0.15, -0.1) is 0 Å². The van der Waals surface area contributed by atoms with Crippen LogP contribution < -0.4 is 5.32 Å². The Hall–Kier alpha value is -2.66. The fourth-order valence-electron chi connectivity index (χ4n) is 1.66. The van der Waals surface area contributed by atoms with Crippen molar-refractivity contribution >= 4 is 35.0 Å². The van der Waals surface area contributed by atoms with Gasteiger partial charge >= 0.3 is 0 Å². The van der Waals surface area contributed by atoms with Crippen molar-refractivity contribution in [2.75, 3.05) is 5.32 Å².